The average molecular weight is 374 g/mol. The third-order valence-corrected chi connectivity index (χ3v) is 3.62. The molecule has 1 N–H and O–H groups in total. The van der Waals surface area contributed by atoms with Gasteiger partial charge in [0, 0.05) is 23.5 Å². The number of nitriles is 1. The van der Waals surface area contributed by atoms with E-state index in [4.69, 9.17) is 0 Å². The van der Waals surface area contributed by atoms with Crippen molar-refractivity contribution in [2.75, 3.05) is 0 Å². The van der Waals surface area contributed by atoms with E-state index < -0.39 is 23.1 Å². The number of allylic oxidation sites excluding steroid dienone is 2. The van der Waals surface area contributed by atoms with Crippen molar-refractivity contribution in [2.24, 2.45) is 5.41 Å². The van der Waals surface area contributed by atoms with Crippen LogP contribution in [0.5, 0.6) is 0 Å². The van der Waals surface area contributed by atoms with Gasteiger partial charge in [-0.1, -0.05) is 32.9 Å². The number of carbonyl (C=O) groups excluding carboxylic acids is 1. The fraction of sp³-hybridized carbons (Fsp3) is 0.263. The Kier molecular flexibility index (Phi) is 5.64. The van der Waals surface area contributed by atoms with Crippen molar-refractivity contribution in [1.82, 2.24) is 15.3 Å². The van der Waals surface area contributed by atoms with Crippen LogP contribution in [-0.4, -0.2) is 15.9 Å². The van der Waals surface area contributed by atoms with E-state index in [2.05, 4.69) is 15.3 Å². The molecule has 0 unspecified atom stereocenters. The van der Waals surface area contributed by atoms with Gasteiger partial charge in [0.05, 0.1) is 17.3 Å². The molecule has 0 saturated carbocycles. The number of hydrogen-bond donors (Lipinski definition) is 1. The Morgan fingerprint density at radius 1 is 1.19 bits per heavy atom. The van der Waals surface area contributed by atoms with Crippen LogP contribution in [0.15, 0.2) is 48.6 Å². The standard InChI is InChI=1S/C19H17F3N4O/c1-18(2,3)16(26-17(27)15-11-24-7-8-25-15)14(10-23)12-5-4-6-13(9-12)19(20,21)22/h4-9,11H,1-3H3,(H,26,27). The number of aromatic nitrogens is 2. The number of nitrogens with one attached hydrogen (secondary N) is 1. The molecule has 2 aromatic rings. The highest BCUT2D eigenvalue weighted by Crippen LogP contribution is 2.34. The van der Waals surface area contributed by atoms with E-state index >= 15 is 0 Å². The SMILES string of the molecule is CC(C)(C)C(NC(=O)c1cnccn1)=C(C#N)c1cccc(C(F)(F)F)c1. The lowest BCUT2D eigenvalue weighted by Gasteiger charge is -2.25. The van der Waals surface area contributed by atoms with Gasteiger partial charge in [-0.25, -0.2) is 4.98 Å². The zero-order valence-corrected chi connectivity index (χ0v) is 14.9. The van der Waals surface area contributed by atoms with Gasteiger partial charge in [-0.05, 0) is 17.7 Å². The minimum Gasteiger partial charge on any atom is -0.322 e. The maximum absolute atomic E-state index is 13.0. The highest BCUT2D eigenvalue weighted by molar-refractivity contribution is 5.95. The van der Waals surface area contributed by atoms with Crippen molar-refractivity contribution < 1.29 is 18.0 Å². The molecule has 0 spiro atoms. The number of hydrogen-bond acceptors (Lipinski definition) is 4. The Hall–Kier alpha value is -3.21. The second kappa shape index (κ2) is 7.58. The third-order valence-electron chi connectivity index (χ3n) is 3.62. The molecule has 0 bridgehead atoms. The highest BCUT2D eigenvalue weighted by atomic mass is 19.4. The van der Waals surface area contributed by atoms with Crippen LogP contribution in [0.3, 0.4) is 0 Å². The molecule has 0 aliphatic carbocycles. The molecule has 0 atom stereocenters. The summed E-state index contributed by atoms with van der Waals surface area (Å²) < 4.78 is 39.1. The number of carbonyl (C=O) groups is 1. The van der Waals surface area contributed by atoms with Gasteiger partial charge >= 0.3 is 6.18 Å². The van der Waals surface area contributed by atoms with Gasteiger partial charge in [0.1, 0.15) is 11.8 Å². The first-order valence-electron chi connectivity index (χ1n) is 7.94. The van der Waals surface area contributed by atoms with Crippen LogP contribution in [0.2, 0.25) is 0 Å². The number of rotatable bonds is 3. The fourth-order valence-electron chi connectivity index (χ4n) is 2.33. The van der Waals surface area contributed by atoms with E-state index in [1.807, 2.05) is 6.07 Å². The number of nitrogens with zero attached hydrogens (tertiary/aromatic N) is 3. The Morgan fingerprint density at radius 3 is 2.41 bits per heavy atom. The molecule has 0 aliphatic rings. The van der Waals surface area contributed by atoms with E-state index in [9.17, 15) is 23.2 Å². The minimum absolute atomic E-state index is 0.0283. The zero-order chi connectivity index (χ0) is 20.2. The van der Waals surface area contributed by atoms with Crippen LogP contribution >= 0.6 is 0 Å². The fourth-order valence-corrected chi connectivity index (χ4v) is 2.33. The molecule has 2 rings (SSSR count). The van der Waals surface area contributed by atoms with Gasteiger partial charge in [0.25, 0.3) is 5.91 Å². The molecule has 1 aromatic heterocycles. The molecule has 140 valence electrons. The van der Waals surface area contributed by atoms with Crippen molar-refractivity contribution in [3.05, 3.63) is 65.4 Å². The van der Waals surface area contributed by atoms with Crippen molar-refractivity contribution in [3.63, 3.8) is 0 Å². The first-order chi connectivity index (χ1) is 12.5. The van der Waals surface area contributed by atoms with E-state index in [1.165, 1.54) is 30.7 Å². The number of halogens is 3. The lowest BCUT2D eigenvalue weighted by molar-refractivity contribution is -0.137. The first kappa shape index (κ1) is 20.1. The van der Waals surface area contributed by atoms with Crippen LogP contribution in [0.25, 0.3) is 5.57 Å². The molecule has 1 aromatic carbocycles. The van der Waals surface area contributed by atoms with Crippen molar-refractivity contribution in [2.45, 2.75) is 26.9 Å². The zero-order valence-electron chi connectivity index (χ0n) is 14.9. The molecule has 5 nitrogen and oxygen atoms in total. The van der Waals surface area contributed by atoms with Gasteiger partial charge in [-0.2, -0.15) is 18.4 Å². The summed E-state index contributed by atoms with van der Waals surface area (Å²) in [5.74, 6) is -0.604. The van der Waals surface area contributed by atoms with Crippen LogP contribution in [-0.2, 0) is 6.18 Å². The summed E-state index contributed by atoms with van der Waals surface area (Å²) in [6.45, 7) is 5.22. The monoisotopic (exact) mass is 374 g/mol. The predicted octanol–water partition coefficient (Wildman–Crippen LogP) is 4.21. The van der Waals surface area contributed by atoms with Gasteiger partial charge in [0.15, 0.2) is 0 Å². The van der Waals surface area contributed by atoms with Gasteiger partial charge in [-0.15, -0.1) is 0 Å². The number of benzene rings is 1. The molecule has 1 amide bonds. The van der Waals surface area contributed by atoms with Crippen LogP contribution < -0.4 is 5.32 Å². The quantitative estimate of drug-likeness (QED) is 0.817. The van der Waals surface area contributed by atoms with Crippen LogP contribution in [0.1, 0.15) is 42.4 Å². The van der Waals surface area contributed by atoms with E-state index in [1.54, 1.807) is 20.8 Å². The van der Waals surface area contributed by atoms with Gasteiger partial charge in [-0.3, -0.25) is 9.78 Å². The minimum atomic E-state index is -4.54. The van der Waals surface area contributed by atoms with Crippen LogP contribution in [0.4, 0.5) is 13.2 Å². The molecule has 0 fully saturated rings. The third kappa shape index (κ3) is 4.91. The molecule has 0 aliphatic heterocycles. The summed E-state index contributed by atoms with van der Waals surface area (Å²) in [6, 6.07) is 6.35. The van der Waals surface area contributed by atoms with Crippen LogP contribution in [0, 0.1) is 16.7 Å². The van der Waals surface area contributed by atoms with E-state index in [-0.39, 0.29) is 22.5 Å². The van der Waals surface area contributed by atoms with Crippen molar-refractivity contribution >= 4 is 11.5 Å². The average Bonchev–Trinajstić information content (AvgIpc) is 2.61. The number of amides is 1. The molecule has 27 heavy (non-hydrogen) atoms. The lowest BCUT2D eigenvalue weighted by Crippen LogP contribution is -2.32. The van der Waals surface area contributed by atoms with Gasteiger partial charge in [0.2, 0.25) is 0 Å². The summed E-state index contributed by atoms with van der Waals surface area (Å²) >= 11 is 0. The Morgan fingerprint density at radius 2 is 1.89 bits per heavy atom. The maximum Gasteiger partial charge on any atom is 0.416 e. The first-order valence-corrected chi connectivity index (χ1v) is 7.94. The summed E-state index contributed by atoms with van der Waals surface area (Å²) in [5.41, 5.74) is -1.36. The topological polar surface area (TPSA) is 78.7 Å². The molecular weight excluding hydrogens is 357 g/mol. The lowest BCUT2D eigenvalue weighted by atomic mass is 9.86. The molecule has 1 heterocycles. The summed E-state index contributed by atoms with van der Waals surface area (Å²) in [6.07, 6.45) is -0.540. The van der Waals surface area contributed by atoms with E-state index in [0.717, 1.165) is 12.1 Å². The second-order valence-electron chi connectivity index (χ2n) is 6.74. The largest absolute Gasteiger partial charge is 0.416 e. The second-order valence-corrected chi connectivity index (χ2v) is 6.74. The molecular formula is C19H17F3N4O. The molecule has 0 radical (unpaired) electrons. The normalized spacial score (nSPS) is 12.8. The predicted molar refractivity (Wildman–Crippen MR) is 92.9 cm³/mol. The summed E-state index contributed by atoms with van der Waals surface area (Å²) in [4.78, 5) is 20.1. The van der Waals surface area contributed by atoms with E-state index in [0.29, 0.717) is 0 Å². The Bertz CT molecular complexity index is 907. The van der Waals surface area contributed by atoms with Crippen molar-refractivity contribution in [3.8, 4) is 6.07 Å². The number of alkyl halides is 3. The molecule has 8 heteroatoms. The Labute approximate surface area is 154 Å². The van der Waals surface area contributed by atoms with Gasteiger partial charge < -0.3 is 5.32 Å². The molecule has 0 saturated heterocycles. The maximum atomic E-state index is 13.0. The Balaban J connectivity index is 2.56. The smallest absolute Gasteiger partial charge is 0.322 e. The summed E-state index contributed by atoms with van der Waals surface area (Å²) in [5, 5.41) is 12.2. The summed E-state index contributed by atoms with van der Waals surface area (Å²) in [7, 11) is 0. The highest BCUT2D eigenvalue weighted by Gasteiger charge is 2.31. The van der Waals surface area contributed by atoms with Crippen molar-refractivity contribution in [1.29, 1.82) is 5.26 Å².